The topological polar surface area (TPSA) is 61.6 Å². The first-order chi connectivity index (χ1) is 14.4. The Hall–Kier alpha value is -1.48. The number of nitrogens with zero attached hydrogens (tertiary/aromatic N) is 3. The number of hydrogen-bond acceptors (Lipinski definition) is 7. The summed E-state index contributed by atoms with van der Waals surface area (Å²) in [6.45, 7) is 12.7. The number of aromatic amines is 1. The quantitative estimate of drug-likeness (QED) is 0.445. The number of morpholine rings is 1. The van der Waals surface area contributed by atoms with Crippen LogP contribution in [0.5, 0.6) is 0 Å². The van der Waals surface area contributed by atoms with E-state index >= 15 is 0 Å². The van der Waals surface area contributed by atoms with E-state index < -0.39 is 0 Å². The summed E-state index contributed by atoms with van der Waals surface area (Å²) < 4.78 is 13.0. The van der Waals surface area contributed by atoms with Crippen LogP contribution in [0, 0.1) is 5.92 Å². The standard InChI is InChI=1S/C22H28N4O2S2/c1-13(2)11-29-21-18-17(23-12-24-21)16-14-9-22(3,4)28-10-15(14)19(25-20(16)30-18)26-5-7-27-8-6-26/h12-13H,5-11H2,1-4H3/p+1. The lowest BCUT2D eigenvalue weighted by Crippen LogP contribution is -2.39. The Bertz CT molecular complexity index is 1090. The maximum Gasteiger partial charge on any atom is 0.285 e. The lowest BCUT2D eigenvalue weighted by atomic mass is 9.90. The minimum Gasteiger partial charge on any atom is -0.378 e. The van der Waals surface area contributed by atoms with E-state index in [0.29, 0.717) is 12.5 Å². The van der Waals surface area contributed by atoms with Gasteiger partial charge in [-0.3, -0.25) is 0 Å². The smallest absolute Gasteiger partial charge is 0.285 e. The second kappa shape index (κ2) is 7.89. The third-order valence-corrected chi connectivity index (χ3v) is 8.35. The van der Waals surface area contributed by atoms with Crippen LogP contribution in [-0.2, 0) is 22.5 Å². The van der Waals surface area contributed by atoms with Crippen molar-refractivity contribution in [1.29, 1.82) is 0 Å². The Balaban J connectivity index is 1.72. The third-order valence-electron chi connectivity index (χ3n) is 5.68. The number of ether oxygens (including phenoxy) is 2. The maximum absolute atomic E-state index is 6.22. The number of rotatable bonds is 4. The summed E-state index contributed by atoms with van der Waals surface area (Å²) in [7, 11) is 0. The molecule has 160 valence electrons. The predicted molar refractivity (Wildman–Crippen MR) is 123 cm³/mol. The Morgan fingerprint density at radius 2 is 2.07 bits per heavy atom. The van der Waals surface area contributed by atoms with Crippen LogP contribution >= 0.6 is 23.1 Å². The van der Waals surface area contributed by atoms with Gasteiger partial charge >= 0.3 is 0 Å². The van der Waals surface area contributed by atoms with Crippen LogP contribution in [0.15, 0.2) is 11.4 Å². The Kier molecular flexibility index (Phi) is 5.37. The number of anilines is 1. The molecule has 0 amide bonds. The van der Waals surface area contributed by atoms with E-state index in [4.69, 9.17) is 19.4 Å². The van der Waals surface area contributed by atoms with Crippen molar-refractivity contribution in [2.24, 2.45) is 5.92 Å². The van der Waals surface area contributed by atoms with E-state index in [-0.39, 0.29) is 5.60 Å². The maximum atomic E-state index is 6.22. The molecule has 1 fully saturated rings. The van der Waals surface area contributed by atoms with Crippen molar-refractivity contribution in [2.75, 3.05) is 37.0 Å². The molecule has 0 aliphatic carbocycles. The van der Waals surface area contributed by atoms with E-state index in [1.54, 1.807) is 11.3 Å². The van der Waals surface area contributed by atoms with Gasteiger partial charge in [-0.05, 0) is 30.3 Å². The van der Waals surface area contributed by atoms with Gasteiger partial charge < -0.3 is 14.4 Å². The molecule has 3 aromatic rings. The van der Waals surface area contributed by atoms with Crippen LogP contribution < -0.4 is 9.88 Å². The van der Waals surface area contributed by atoms with Gasteiger partial charge in [0.1, 0.15) is 15.3 Å². The van der Waals surface area contributed by atoms with Crippen molar-refractivity contribution in [3.05, 3.63) is 17.5 Å². The van der Waals surface area contributed by atoms with E-state index in [1.165, 1.54) is 26.2 Å². The lowest BCUT2D eigenvalue weighted by Gasteiger charge is -2.36. The number of fused-ring (bicyclic) bond motifs is 5. The van der Waals surface area contributed by atoms with Crippen LogP contribution in [0.1, 0.15) is 38.8 Å². The second-order valence-electron chi connectivity index (χ2n) is 9.11. The van der Waals surface area contributed by atoms with Crippen LogP contribution in [0.3, 0.4) is 0 Å². The van der Waals surface area contributed by atoms with Crippen LogP contribution in [0.2, 0.25) is 0 Å². The van der Waals surface area contributed by atoms with Gasteiger partial charge in [-0.1, -0.05) is 25.6 Å². The van der Waals surface area contributed by atoms with Gasteiger partial charge in [0.15, 0.2) is 5.03 Å². The molecule has 30 heavy (non-hydrogen) atoms. The van der Waals surface area contributed by atoms with Crippen LogP contribution in [0.25, 0.3) is 20.4 Å². The molecule has 1 N–H and O–H groups in total. The van der Waals surface area contributed by atoms with Gasteiger partial charge in [0, 0.05) is 30.8 Å². The highest BCUT2D eigenvalue weighted by atomic mass is 32.2. The average Bonchev–Trinajstić information content (AvgIpc) is 3.11. The van der Waals surface area contributed by atoms with Crippen molar-refractivity contribution < 1.29 is 14.5 Å². The average molecular weight is 446 g/mol. The molecule has 2 aliphatic heterocycles. The lowest BCUT2D eigenvalue weighted by molar-refractivity contribution is -0.427. The number of pyridine rings is 1. The van der Waals surface area contributed by atoms with Crippen molar-refractivity contribution in [3.8, 4) is 0 Å². The summed E-state index contributed by atoms with van der Waals surface area (Å²) >= 11 is 3.64. The Morgan fingerprint density at radius 1 is 1.27 bits per heavy atom. The molecule has 0 atom stereocenters. The zero-order valence-corrected chi connectivity index (χ0v) is 19.7. The first-order valence-electron chi connectivity index (χ1n) is 10.7. The van der Waals surface area contributed by atoms with Gasteiger partial charge in [-0.25, -0.2) is 9.97 Å². The molecule has 5 rings (SSSR count). The zero-order valence-electron chi connectivity index (χ0n) is 18.1. The monoisotopic (exact) mass is 445 g/mol. The second-order valence-corrected chi connectivity index (χ2v) is 11.1. The molecule has 6 nitrogen and oxygen atoms in total. The number of H-pyrrole nitrogens is 1. The molecule has 0 radical (unpaired) electrons. The molecule has 8 heteroatoms. The fraction of sp³-hybridized carbons (Fsp3) is 0.591. The fourth-order valence-electron chi connectivity index (χ4n) is 4.19. The summed E-state index contributed by atoms with van der Waals surface area (Å²) in [5.74, 6) is 2.79. The number of thioether (sulfide) groups is 1. The summed E-state index contributed by atoms with van der Waals surface area (Å²) in [5, 5.41) is 2.42. The summed E-state index contributed by atoms with van der Waals surface area (Å²) in [5.41, 5.74) is 3.49. The summed E-state index contributed by atoms with van der Waals surface area (Å²) in [6, 6.07) is 0. The molecular weight excluding hydrogens is 416 g/mol. The van der Waals surface area contributed by atoms with E-state index in [0.717, 1.165) is 54.6 Å². The Morgan fingerprint density at radius 3 is 2.83 bits per heavy atom. The van der Waals surface area contributed by atoms with Gasteiger partial charge in [-0.2, -0.15) is 0 Å². The van der Waals surface area contributed by atoms with Gasteiger partial charge in [0.25, 0.3) is 6.33 Å². The largest absolute Gasteiger partial charge is 0.378 e. The minimum atomic E-state index is -0.187. The van der Waals surface area contributed by atoms with Crippen molar-refractivity contribution >= 4 is 49.3 Å². The molecule has 0 aromatic carbocycles. The summed E-state index contributed by atoms with van der Waals surface area (Å²) in [4.78, 5) is 16.8. The Labute approximate surface area is 185 Å². The zero-order chi connectivity index (χ0) is 20.9. The minimum absolute atomic E-state index is 0.187. The molecule has 1 saturated heterocycles. The molecule has 3 aromatic heterocycles. The van der Waals surface area contributed by atoms with Gasteiger partial charge in [-0.15, -0.1) is 11.3 Å². The van der Waals surface area contributed by atoms with Crippen molar-refractivity contribution in [3.63, 3.8) is 0 Å². The van der Waals surface area contributed by atoms with E-state index in [1.807, 2.05) is 18.1 Å². The van der Waals surface area contributed by atoms with E-state index in [9.17, 15) is 0 Å². The van der Waals surface area contributed by atoms with E-state index in [2.05, 4.69) is 37.6 Å². The third kappa shape index (κ3) is 3.68. The van der Waals surface area contributed by atoms with Crippen molar-refractivity contribution in [2.45, 2.75) is 51.3 Å². The fourth-order valence-corrected chi connectivity index (χ4v) is 6.41. The van der Waals surface area contributed by atoms with Crippen LogP contribution in [0.4, 0.5) is 5.82 Å². The number of hydrogen-bond donors (Lipinski definition) is 0. The SMILES string of the molecule is CC(C)CSc1[nH+]cnc2c1sc1nc(N3CCOCC3)c3c(c12)CC(C)(C)OC3. The predicted octanol–water partition coefficient (Wildman–Crippen LogP) is 4.09. The highest BCUT2D eigenvalue weighted by molar-refractivity contribution is 7.99. The highest BCUT2D eigenvalue weighted by Gasteiger charge is 2.34. The molecule has 5 heterocycles. The normalized spacial score (nSPS) is 19.0. The molecule has 2 aliphatic rings. The molecule has 0 unspecified atom stereocenters. The molecule has 0 spiro atoms. The summed E-state index contributed by atoms with van der Waals surface area (Å²) in [6.07, 6.45) is 2.71. The van der Waals surface area contributed by atoms with Gasteiger partial charge in [0.05, 0.1) is 30.8 Å². The first-order valence-corrected chi connectivity index (χ1v) is 12.5. The highest BCUT2D eigenvalue weighted by Crippen LogP contribution is 2.44. The number of aromatic nitrogens is 3. The van der Waals surface area contributed by atoms with Gasteiger partial charge in [0.2, 0.25) is 5.52 Å². The molecule has 0 saturated carbocycles. The first kappa shape index (κ1) is 20.4. The number of nitrogens with one attached hydrogen (secondary N) is 1. The number of thiophene rings is 1. The van der Waals surface area contributed by atoms with Crippen LogP contribution in [-0.4, -0.2) is 47.6 Å². The molecular formula is C22H29N4O2S2+. The van der Waals surface area contributed by atoms with Crippen molar-refractivity contribution in [1.82, 2.24) is 9.97 Å². The molecule has 0 bridgehead atoms.